The standard InChI is InChI=1S/C30H38N4O5/c1-9-25(22-10-12-23(13-11-22)27(35)31-7)20(2)18-21(3)28(36)34(8)26-15-14-24(19-33-26)38-17-16-32-29(37)39-30(4,5)6/h9-15,18-19H,1,16-17H2,2-8H3,(H,31,35)(H,32,37)/b21-18+,25-20-. The van der Waals surface area contributed by atoms with Gasteiger partial charge in [0.1, 0.15) is 23.8 Å². The van der Waals surface area contributed by atoms with E-state index in [2.05, 4.69) is 22.2 Å². The third kappa shape index (κ3) is 9.45. The van der Waals surface area contributed by atoms with Gasteiger partial charge in [-0.1, -0.05) is 30.9 Å². The molecule has 2 aromatic rings. The van der Waals surface area contributed by atoms with Gasteiger partial charge in [0.05, 0.1) is 12.7 Å². The first-order valence-electron chi connectivity index (χ1n) is 12.5. The van der Waals surface area contributed by atoms with Crippen LogP contribution in [0.5, 0.6) is 5.75 Å². The van der Waals surface area contributed by atoms with Gasteiger partial charge in [0.15, 0.2) is 0 Å². The van der Waals surface area contributed by atoms with Gasteiger partial charge in [-0.15, -0.1) is 0 Å². The molecule has 2 N–H and O–H groups in total. The van der Waals surface area contributed by atoms with Gasteiger partial charge in [0.25, 0.3) is 11.8 Å². The lowest BCUT2D eigenvalue weighted by Crippen LogP contribution is -2.34. The number of carbonyl (C=O) groups excluding carboxylic acids is 3. The van der Waals surface area contributed by atoms with Crippen molar-refractivity contribution >= 4 is 29.3 Å². The number of pyridine rings is 1. The average molecular weight is 535 g/mol. The van der Waals surface area contributed by atoms with Crippen molar-refractivity contribution in [1.29, 1.82) is 0 Å². The quantitative estimate of drug-likeness (QED) is 0.255. The predicted molar refractivity (Wildman–Crippen MR) is 154 cm³/mol. The number of likely N-dealkylation sites (N-methyl/N-ethyl adjacent to an activating group) is 1. The molecule has 0 fully saturated rings. The second kappa shape index (κ2) is 13.9. The number of amides is 3. The highest BCUT2D eigenvalue weighted by Crippen LogP contribution is 2.23. The summed E-state index contributed by atoms with van der Waals surface area (Å²) in [4.78, 5) is 42.4. The Kier molecular flexibility index (Phi) is 11.0. The number of aromatic nitrogens is 1. The molecule has 0 radical (unpaired) electrons. The molecular weight excluding hydrogens is 496 g/mol. The molecule has 1 heterocycles. The first kappa shape index (κ1) is 30.8. The molecular formula is C30H38N4O5. The summed E-state index contributed by atoms with van der Waals surface area (Å²) in [5.74, 6) is 0.600. The van der Waals surface area contributed by atoms with Crippen LogP contribution in [0, 0.1) is 0 Å². The van der Waals surface area contributed by atoms with Crippen LogP contribution in [-0.2, 0) is 9.53 Å². The second-order valence-corrected chi connectivity index (χ2v) is 9.78. The van der Waals surface area contributed by atoms with E-state index in [1.165, 1.54) is 11.1 Å². The molecule has 1 aromatic heterocycles. The van der Waals surface area contributed by atoms with Crippen molar-refractivity contribution in [2.24, 2.45) is 0 Å². The maximum atomic E-state index is 13.1. The van der Waals surface area contributed by atoms with Gasteiger partial charge < -0.3 is 20.1 Å². The second-order valence-electron chi connectivity index (χ2n) is 9.78. The van der Waals surface area contributed by atoms with Crippen LogP contribution >= 0.6 is 0 Å². The fourth-order valence-electron chi connectivity index (χ4n) is 3.58. The van der Waals surface area contributed by atoms with Gasteiger partial charge >= 0.3 is 6.09 Å². The normalized spacial score (nSPS) is 12.1. The maximum Gasteiger partial charge on any atom is 0.407 e. The van der Waals surface area contributed by atoms with Gasteiger partial charge in [0, 0.05) is 25.2 Å². The summed E-state index contributed by atoms with van der Waals surface area (Å²) in [7, 11) is 3.24. The van der Waals surface area contributed by atoms with E-state index >= 15 is 0 Å². The highest BCUT2D eigenvalue weighted by Gasteiger charge is 2.16. The van der Waals surface area contributed by atoms with Crippen LogP contribution in [0.25, 0.3) is 5.57 Å². The number of hydrogen-bond acceptors (Lipinski definition) is 6. The van der Waals surface area contributed by atoms with Crippen LogP contribution in [0.1, 0.15) is 50.5 Å². The monoisotopic (exact) mass is 534 g/mol. The Morgan fingerprint density at radius 3 is 2.23 bits per heavy atom. The molecule has 3 amide bonds. The maximum absolute atomic E-state index is 13.1. The van der Waals surface area contributed by atoms with Crippen molar-refractivity contribution in [3.05, 3.63) is 83.6 Å². The van der Waals surface area contributed by atoms with E-state index in [1.54, 1.807) is 78.2 Å². The van der Waals surface area contributed by atoms with Crippen LogP contribution in [0.4, 0.5) is 10.6 Å². The van der Waals surface area contributed by atoms with Crippen molar-refractivity contribution in [1.82, 2.24) is 15.6 Å². The molecule has 0 atom stereocenters. The third-order valence-corrected chi connectivity index (χ3v) is 5.49. The van der Waals surface area contributed by atoms with Crippen molar-refractivity contribution < 1.29 is 23.9 Å². The van der Waals surface area contributed by atoms with Crippen molar-refractivity contribution in [2.45, 2.75) is 40.2 Å². The highest BCUT2D eigenvalue weighted by molar-refractivity contribution is 6.04. The topological polar surface area (TPSA) is 110 Å². The first-order valence-corrected chi connectivity index (χ1v) is 12.5. The van der Waals surface area contributed by atoms with E-state index < -0.39 is 11.7 Å². The number of rotatable bonds is 10. The Bertz CT molecular complexity index is 1240. The molecule has 9 nitrogen and oxygen atoms in total. The fraction of sp³-hybridized carbons (Fsp3) is 0.333. The fourth-order valence-corrected chi connectivity index (χ4v) is 3.58. The molecule has 0 aliphatic carbocycles. The summed E-state index contributed by atoms with van der Waals surface area (Å²) in [6.07, 6.45) is 4.55. The number of anilines is 1. The number of ether oxygens (including phenoxy) is 2. The van der Waals surface area contributed by atoms with E-state index in [-0.39, 0.29) is 25.0 Å². The van der Waals surface area contributed by atoms with E-state index in [4.69, 9.17) is 9.47 Å². The molecule has 0 bridgehead atoms. The molecule has 208 valence electrons. The number of alkyl carbamates (subject to hydrolysis) is 1. The zero-order valence-corrected chi connectivity index (χ0v) is 23.8. The van der Waals surface area contributed by atoms with Gasteiger partial charge in [-0.25, -0.2) is 9.78 Å². The summed E-state index contributed by atoms with van der Waals surface area (Å²) >= 11 is 0. The van der Waals surface area contributed by atoms with Crippen LogP contribution < -0.4 is 20.3 Å². The number of nitrogens with one attached hydrogen (secondary N) is 2. The van der Waals surface area contributed by atoms with Crippen LogP contribution in [0.15, 0.2) is 72.5 Å². The lowest BCUT2D eigenvalue weighted by molar-refractivity contribution is -0.114. The Balaban J connectivity index is 2.02. The largest absolute Gasteiger partial charge is 0.490 e. The predicted octanol–water partition coefficient (Wildman–Crippen LogP) is 4.91. The molecule has 9 heteroatoms. The van der Waals surface area contributed by atoms with Crippen molar-refractivity contribution in [2.75, 3.05) is 32.1 Å². The minimum Gasteiger partial charge on any atom is -0.490 e. The molecule has 39 heavy (non-hydrogen) atoms. The highest BCUT2D eigenvalue weighted by atomic mass is 16.6. The molecule has 0 spiro atoms. The number of nitrogens with zero attached hydrogens (tertiary/aromatic N) is 2. The van der Waals surface area contributed by atoms with Gasteiger partial charge in [-0.05, 0) is 75.6 Å². The zero-order chi connectivity index (χ0) is 29.2. The number of carbonyl (C=O) groups is 3. The lowest BCUT2D eigenvalue weighted by Gasteiger charge is -2.19. The van der Waals surface area contributed by atoms with Crippen LogP contribution in [0.3, 0.4) is 0 Å². The van der Waals surface area contributed by atoms with Gasteiger partial charge in [-0.2, -0.15) is 0 Å². The first-order chi connectivity index (χ1) is 18.4. The SMILES string of the molecule is C=C/C(=C(C)/C=C(\C)C(=O)N(C)c1ccc(OCCNC(=O)OC(C)(C)C)cn1)c1ccc(C(=O)NC)cc1. The minimum absolute atomic E-state index is 0.157. The van der Waals surface area contributed by atoms with Gasteiger partial charge in [0.2, 0.25) is 0 Å². The van der Waals surface area contributed by atoms with Crippen molar-refractivity contribution in [3.63, 3.8) is 0 Å². The lowest BCUT2D eigenvalue weighted by atomic mass is 9.98. The van der Waals surface area contributed by atoms with E-state index in [1.807, 2.05) is 19.1 Å². The third-order valence-electron chi connectivity index (χ3n) is 5.49. The molecule has 0 unspecified atom stereocenters. The van der Waals surface area contributed by atoms with Gasteiger partial charge in [-0.3, -0.25) is 14.5 Å². The number of benzene rings is 1. The average Bonchev–Trinajstić information content (AvgIpc) is 2.90. The summed E-state index contributed by atoms with van der Waals surface area (Å²) in [5.41, 5.74) is 3.12. The molecule has 2 rings (SSSR count). The molecule has 1 aromatic carbocycles. The smallest absolute Gasteiger partial charge is 0.407 e. The number of hydrogen-bond donors (Lipinski definition) is 2. The van der Waals surface area contributed by atoms with Crippen LogP contribution in [-0.4, -0.2) is 55.7 Å². The van der Waals surface area contributed by atoms with Crippen molar-refractivity contribution in [3.8, 4) is 5.75 Å². The Hall–Kier alpha value is -4.40. The zero-order valence-electron chi connectivity index (χ0n) is 23.8. The molecule has 0 saturated carbocycles. The Morgan fingerprint density at radius 1 is 1.05 bits per heavy atom. The van der Waals surface area contributed by atoms with E-state index in [0.717, 1.165) is 16.7 Å². The molecule has 0 aliphatic heterocycles. The van der Waals surface area contributed by atoms with E-state index in [9.17, 15) is 14.4 Å². The minimum atomic E-state index is -0.564. The summed E-state index contributed by atoms with van der Waals surface area (Å²) in [6.45, 7) is 13.5. The Labute approximate surface area is 230 Å². The summed E-state index contributed by atoms with van der Waals surface area (Å²) in [6, 6.07) is 10.6. The Morgan fingerprint density at radius 2 is 1.69 bits per heavy atom. The molecule has 0 aliphatic rings. The number of allylic oxidation sites excluding steroid dienone is 4. The van der Waals surface area contributed by atoms with E-state index in [0.29, 0.717) is 22.7 Å². The molecule has 0 saturated heterocycles. The summed E-state index contributed by atoms with van der Waals surface area (Å²) in [5, 5.41) is 5.22. The van der Waals surface area contributed by atoms with Crippen LogP contribution in [0.2, 0.25) is 0 Å². The summed E-state index contributed by atoms with van der Waals surface area (Å²) < 4.78 is 10.8.